The summed E-state index contributed by atoms with van der Waals surface area (Å²) in [5, 5.41) is 38.3. The maximum atomic E-state index is 15.1. The Hall–Kier alpha value is -3.77. The molecule has 1 heterocycles. The van der Waals surface area contributed by atoms with Crippen molar-refractivity contribution >= 4 is 23.3 Å². The number of phenols is 1. The summed E-state index contributed by atoms with van der Waals surface area (Å²) in [5.74, 6) is -7.39. The SMILES string of the molecule is CCCCOC(=O)c1c(F)cc2c(c1O)C(O)=C1C(=O)[C@]3(O)C(=O)c4c(OCCCC)noc4[C@@H](N(C)C)[C@@H]3C[C@@H]1C2. The van der Waals surface area contributed by atoms with E-state index in [-0.39, 0.29) is 60.0 Å². The molecule has 0 amide bonds. The number of ketones is 2. The largest absolute Gasteiger partial charge is 0.507 e. The highest BCUT2D eigenvalue weighted by Crippen LogP contribution is 2.56. The Kier molecular flexibility index (Phi) is 7.88. The summed E-state index contributed by atoms with van der Waals surface area (Å²) in [6.07, 6.45) is 2.81. The summed E-state index contributed by atoms with van der Waals surface area (Å²) in [5.41, 5.74) is -3.90. The smallest absolute Gasteiger partial charge is 0.344 e. The second kappa shape index (κ2) is 11.1. The molecule has 1 aromatic carbocycles. The van der Waals surface area contributed by atoms with Gasteiger partial charge in [-0.15, -0.1) is 0 Å². The highest BCUT2D eigenvalue weighted by molar-refractivity contribution is 6.26. The third kappa shape index (κ3) is 4.39. The van der Waals surface area contributed by atoms with Gasteiger partial charge in [0.2, 0.25) is 11.6 Å². The monoisotopic (exact) mass is 586 g/mol. The normalized spacial score (nSPS) is 24.7. The van der Waals surface area contributed by atoms with Gasteiger partial charge < -0.3 is 29.3 Å². The lowest BCUT2D eigenvalue weighted by Gasteiger charge is -2.49. The molecule has 0 saturated heterocycles. The minimum absolute atomic E-state index is 0.00562. The zero-order chi connectivity index (χ0) is 30.5. The van der Waals surface area contributed by atoms with Gasteiger partial charge in [0, 0.05) is 11.5 Å². The van der Waals surface area contributed by atoms with E-state index in [0.717, 1.165) is 18.9 Å². The Morgan fingerprint density at radius 3 is 2.50 bits per heavy atom. The van der Waals surface area contributed by atoms with E-state index in [2.05, 4.69) is 5.16 Å². The molecule has 0 radical (unpaired) electrons. The Labute approximate surface area is 241 Å². The first-order valence-electron chi connectivity index (χ1n) is 14.2. The van der Waals surface area contributed by atoms with Crippen LogP contribution in [0.15, 0.2) is 16.2 Å². The van der Waals surface area contributed by atoms with Gasteiger partial charge in [0.15, 0.2) is 11.4 Å². The minimum atomic E-state index is -2.61. The topological polar surface area (TPSA) is 160 Å². The number of phenolic OH excluding ortho intramolecular Hbond substituents is 1. The molecule has 0 bridgehead atoms. The molecule has 2 aromatic rings. The first kappa shape index (κ1) is 29.7. The molecule has 3 aliphatic carbocycles. The molecular weight excluding hydrogens is 551 g/mol. The third-order valence-electron chi connectivity index (χ3n) is 8.51. The molecule has 4 atom stereocenters. The van der Waals surface area contributed by atoms with Gasteiger partial charge in [0.25, 0.3) is 5.88 Å². The lowest BCUT2D eigenvalue weighted by molar-refractivity contribution is -0.142. The number of halogens is 1. The number of hydrogen-bond donors (Lipinski definition) is 3. The third-order valence-corrected chi connectivity index (χ3v) is 8.51. The minimum Gasteiger partial charge on any atom is -0.507 e. The number of nitrogens with zero attached hydrogens (tertiary/aromatic N) is 2. The van der Waals surface area contributed by atoms with Crippen molar-refractivity contribution in [3.05, 3.63) is 45.5 Å². The van der Waals surface area contributed by atoms with Crippen molar-refractivity contribution in [3.63, 3.8) is 0 Å². The van der Waals surface area contributed by atoms with Gasteiger partial charge in [0.05, 0.1) is 24.8 Å². The van der Waals surface area contributed by atoms with Crippen LogP contribution in [0.3, 0.4) is 0 Å². The summed E-state index contributed by atoms with van der Waals surface area (Å²) in [6.45, 7) is 4.10. The van der Waals surface area contributed by atoms with Crippen LogP contribution in [0, 0.1) is 17.7 Å². The molecule has 12 heteroatoms. The first-order chi connectivity index (χ1) is 20.0. The molecule has 11 nitrogen and oxygen atoms in total. The van der Waals surface area contributed by atoms with E-state index in [1.54, 1.807) is 19.0 Å². The van der Waals surface area contributed by atoms with Crippen LogP contribution >= 0.6 is 0 Å². The molecule has 42 heavy (non-hydrogen) atoms. The lowest BCUT2D eigenvalue weighted by Crippen LogP contribution is -2.63. The second-order valence-corrected chi connectivity index (χ2v) is 11.4. The molecule has 5 rings (SSSR count). The Balaban J connectivity index is 1.61. The molecule has 1 aromatic heterocycles. The fourth-order valence-electron chi connectivity index (χ4n) is 6.44. The summed E-state index contributed by atoms with van der Waals surface area (Å²) < 4.78 is 31.4. The molecule has 0 unspecified atom stereocenters. The van der Waals surface area contributed by atoms with E-state index in [1.165, 1.54) is 0 Å². The van der Waals surface area contributed by atoms with Crippen LogP contribution < -0.4 is 4.74 Å². The molecule has 3 N–H and O–H groups in total. The Morgan fingerprint density at radius 2 is 1.83 bits per heavy atom. The van der Waals surface area contributed by atoms with Crippen LogP contribution in [-0.2, 0) is 16.0 Å². The zero-order valence-corrected chi connectivity index (χ0v) is 24.0. The van der Waals surface area contributed by atoms with Crippen molar-refractivity contribution in [2.45, 2.75) is 64.0 Å². The molecule has 0 spiro atoms. The molecule has 1 saturated carbocycles. The fourth-order valence-corrected chi connectivity index (χ4v) is 6.44. The highest BCUT2D eigenvalue weighted by atomic mass is 19.1. The molecule has 1 fully saturated rings. The lowest BCUT2D eigenvalue weighted by atomic mass is 9.57. The molecule has 0 aliphatic heterocycles. The number of carbonyl (C=O) groups excluding carboxylic acids is 3. The maximum absolute atomic E-state index is 15.1. The molecule has 3 aliphatic rings. The predicted molar refractivity (Wildman–Crippen MR) is 146 cm³/mol. The number of aromatic hydroxyl groups is 1. The summed E-state index contributed by atoms with van der Waals surface area (Å²) in [6, 6.07) is 0.284. The van der Waals surface area contributed by atoms with E-state index in [9.17, 15) is 29.7 Å². The fraction of sp³-hybridized carbons (Fsp3) is 0.533. The number of aliphatic hydroxyl groups is 2. The molecule has 226 valence electrons. The maximum Gasteiger partial charge on any atom is 0.344 e. The molecular formula is C30H35FN2O9. The Bertz CT molecular complexity index is 1480. The van der Waals surface area contributed by atoms with Gasteiger partial charge in [-0.1, -0.05) is 26.7 Å². The number of ether oxygens (including phenoxy) is 2. The van der Waals surface area contributed by atoms with Gasteiger partial charge >= 0.3 is 5.97 Å². The van der Waals surface area contributed by atoms with Crippen molar-refractivity contribution in [1.82, 2.24) is 10.1 Å². The van der Waals surface area contributed by atoms with Gasteiger partial charge in [-0.3, -0.25) is 14.5 Å². The van der Waals surface area contributed by atoms with Gasteiger partial charge in [-0.05, 0) is 62.5 Å². The second-order valence-electron chi connectivity index (χ2n) is 11.4. The number of fused-ring (bicyclic) bond motifs is 4. The number of hydrogen-bond acceptors (Lipinski definition) is 11. The van der Waals surface area contributed by atoms with Crippen LogP contribution in [0.4, 0.5) is 4.39 Å². The van der Waals surface area contributed by atoms with E-state index >= 15 is 4.39 Å². The number of unbranched alkanes of at least 4 members (excludes halogenated alkanes) is 2. The van der Waals surface area contributed by atoms with Crippen molar-refractivity contribution in [1.29, 1.82) is 0 Å². The van der Waals surface area contributed by atoms with Gasteiger partial charge in [-0.25, -0.2) is 9.18 Å². The average molecular weight is 587 g/mol. The summed E-state index contributed by atoms with van der Waals surface area (Å²) >= 11 is 0. The Morgan fingerprint density at radius 1 is 1.14 bits per heavy atom. The standard InChI is InChI=1S/C30H35FN2O9/c1-5-7-9-40-28-21-25(42-32-28)22(33(3)4)16-12-14-11-15-13-17(31)20(29(38)41-10-8-6-2)24(35)18(15)23(34)19(14)26(36)30(16,39)27(21)37/h13-14,16,22,34-35,39H,5-12H2,1-4H3/t14-,16-,22-,30-/m0/s1. The highest BCUT2D eigenvalue weighted by Gasteiger charge is 2.65. The van der Waals surface area contributed by atoms with Crippen LogP contribution in [0.25, 0.3) is 5.76 Å². The quantitative estimate of drug-likeness (QED) is 0.222. The van der Waals surface area contributed by atoms with Gasteiger partial charge in [0.1, 0.15) is 28.5 Å². The summed E-state index contributed by atoms with van der Waals surface area (Å²) in [4.78, 5) is 42.4. The number of carbonyl (C=O) groups is 3. The number of aliphatic hydroxyl groups excluding tert-OH is 1. The van der Waals surface area contributed by atoms with Crippen LogP contribution in [0.5, 0.6) is 11.6 Å². The number of aromatic nitrogens is 1. The van der Waals surface area contributed by atoms with Crippen LogP contribution in [-0.4, -0.2) is 75.8 Å². The van der Waals surface area contributed by atoms with Gasteiger partial charge in [-0.2, -0.15) is 0 Å². The van der Waals surface area contributed by atoms with Crippen molar-refractivity contribution < 1.29 is 48.1 Å². The van der Waals surface area contributed by atoms with E-state index in [1.807, 2.05) is 13.8 Å². The van der Waals surface area contributed by atoms with E-state index in [4.69, 9.17) is 14.0 Å². The zero-order valence-electron chi connectivity index (χ0n) is 24.0. The van der Waals surface area contributed by atoms with E-state index in [0.29, 0.717) is 12.8 Å². The predicted octanol–water partition coefficient (Wildman–Crippen LogP) is 3.92. The number of Topliss-reactive ketones (excluding diaryl/α,β-unsaturated/α-hetero) is 2. The first-order valence-corrected chi connectivity index (χ1v) is 14.2. The van der Waals surface area contributed by atoms with Crippen LogP contribution in [0.1, 0.15) is 89.6 Å². The number of benzene rings is 1. The van der Waals surface area contributed by atoms with Crippen molar-refractivity contribution in [2.24, 2.45) is 11.8 Å². The summed E-state index contributed by atoms with van der Waals surface area (Å²) in [7, 11) is 3.42. The van der Waals surface area contributed by atoms with Crippen molar-refractivity contribution in [3.8, 4) is 11.6 Å². The number of esters is 1. The van der Waals surface area contributed by atoms with Crippen molar-refractivity contribution in [2.75, 3.05) is 27.3 Å². The van der Waals surface area contributed by atoms with E-state index < -0.39 is 63.9 Å². The average Bonchev–Trinajstić information content (AvgIpc) is 3.34. The number of rotatable bonds is 9. The van der Waals surface area contributed by atoms with Crippen LogP contribution in [0.2, 0.25) is 0 Å².